The lowest BCUT2D eigenvalue weighted by molar-refractivity contribution is 0.543. The third-order valence-corrected chi connectivity index (χ3v) is 5.41. The van der Waals surface area contributed by atoms with Crippen LogP contribution >= 0.6 is 0 Å². The summed E-state index contributed by atoms with van der Waals surface area (Å²) in [4.78, 5) is 0.277. The summed E-state index contributed by atoms with van der Waals surface area (Å²) in [5, 5.41) is 4.40. The van der Waals surface area contributed by atoms with E-state index in [0.717, 1.165) is 18.5 Å². The quantitative estimate of drug-likeness (QED) is 0.889. The Kier molecular flexibility index (Phi) is 5.03. The van der Waals surface area contributed by atoms with Crippen LogP contribution in [0.5, 0.6) is 0 Å². The number of hydrogen-bond donors (Lipinski definition) is 1. The van der Waals surface area contributed by atoms with Gasteiger partial charge in [0.05, 0.1) is 17.1 Å². The summed E-state index contributed by atoms with van der Waals surface area (Å²) < 4.78 is 29.7. The van der Waals surface area contributed by atoms with E-state index in [1.165, 1.54) is 0 Å². The van der Waals surface area contributed by atoms with E-state index in [4.69, 9.17) is 0 Å². The molecule has 22 heavy (non-hydrogen) atoms. The van der Waals surface area contributed by atoms with E-state index < -0.39 is 10.0 Å². The number of sulfonamides is 1. The zero-order chi connectivity index (χ0) is 16.3. The standard InChI is InChI=1S/C16H23N3O2S/c1-5-9-12(2)18-22(20,21)16-13(3)17-19(14(16)4)15-10-7-6-8-11-15/h6-8,10-12,18H,5,9H2,1-4H3. The number of nitrogens with zero attached hydrogens (tertiary/aromatic N) is 2. The average Bonchev–Trinajstić information content (AvgIpc) is 2.75. The molecule has 0 aliphatic carbocycles. The van der Waals surface area contributed by atoms with Crippen LogP contribution in [0.2, 0.25) is 0 Å². The van der Waals surface area contributed by atoms with Crippen molar-refractivity contribution in [3.8, 4) is 5.69 Å². The number of rotatable bonds is 6. The molecule has 1 heterocycles. The van der Waals surface area contributed by atoms with Gasteiger partial charge in [-0.25, -0.2) is 17.8 Å². The van der Waals surface area contributed by atoms with E-state index in [9.17, 15) is 8.42 Å². The van der Waals surface area contributed by atoms with Crippen LogP contribution in [-0.4, -0.2) is 24.2 Å². The van der Waals surface area contributed by atoms with Gasteiger partial charge >= 0.3 is 0 Å². The predicted octanol–water partition coefficient (Wildman–Crippen LogP) is 2.96. The van der Waals surface area contributed by atoms with E-state index in [2.05, 4.69) is 9.82 Å². The van der Waals surface area contributed by atoms with Gasteiger partial charge in [-0.3, -0.25) is 0 Å². The lowest BCUT2D eigenvalue weighted by Crippen LogP contribution is -2.33. The van der Waals surface area contributed by atoms with Crippen molar-refractivity contribution in [3.05, 3.63) is 41.7 Å². The van der Waals surface area contributed by atoms with Crippen LogP contribution in [-0.2, 0) is 10.0 Å². The molecule has 2 rings (SSSR count). The van der Waals surface area contributed by atoms with Crippen molar-refractivity contribution in [2.45, 2.75) is 51.5 Å². The molecular formula is C16H23N3O2S. The Hall–Kier alpha value is -1.66. The van der Waals surface area contributed by atoms with Gasteiger partial charge in [-0.15, -0.1) is 0 Å². The number of benzene rings is 1. The molecule has 1 unspecified atom stereocenters. The van der Waals surface area contributed by atoms with Crippen molar-refractivity contribution in [1.82, 2.24) is 14.5 Å². The Morgan fingerprint density at radius 1 is 1.23 bits per heavy atom. The number of para-hydroxylation sites is 1. The molecular weight excluding hydrogens is 298 g/mol. The van der Waals surface area contributed by atoms with Gasteiger partial charge in [0.15, 0.2) is 0 Å². The van der Waals surface area contributed by atoms with Gasteiger partial charge in [0.25, 0.3) is 0 Å². The summed E-state index contributed by atoms with van der Waals surface area (Å²) in [5.41, 5.74) is 1.99. The first-order valence-electron chi connectivity index (χ1n) is 7.50. The first-order chi connectivity index (χ1) is 10.4. The van der Waals surface area contributed by atoms with E-state index in [0.29, 0.717) is 11.4 Å². The second-order valence-electron chi connectivity index (χ2n) is 5.56. The van der Waals surface area contributed by atoms with Crippen LogP contribution in [0.3, 0.4) is 0 Å². The molecule has 0 amide bonds. The molecule has 0 radical (unpaired) electrons. The van der Waals surface area contributed by atoms with Gasteiger partial charge in [-0.05, 0) is 39.3 Å². The Morgan fingerprint density at radius 2 is 1.86 bits per heavy atom. The third-order valence-electron chi connectivity index (χ3n) is 3.57. The molecule has 5 nitrogen and oxygen atoms in total. The highest BCUT2D eigenvalue weighted by Gasteiger charge is 2.26. The second-order valence-corrected chi connectivity index (χ2v) is 7.21. The summed E-state index contributed by atoms with van der Waals surface area (Å²) in [6.45, 7) is 7.43. The Morgan fingerprint density at radius 3 is 2.45 bits per heavy atom. The van der Waals surface area contributed by atoms with Crippen LogP contribution in [0.15, 0.2) is 35.2 Å². The van der Waals surface area contributed by atoms with Crippen molar-refractivity contribution >= 4 is 10.0 Å². The molecule has 1 N–H and O–H groups in total. The smallest absolute Gasteiger partial charge is 0.236 e. The summed E-state index contributed by atoms with van der Waals surface area (Å²) in [6.07, 6.45) is 1.75. The minimum absolute atomic E-state index is 0.0890. The lowest BCUT2D eigenvalue weighted by atomic mass is 10.2. The summed E-state index contributed by atoms with van der Waals surface area (Å²) >= 11 is 0. The maximum Gasteiger partial charge on any atom is 0.244 e. The van der Waals surface area contributed by atoms with E-state index in [1.54, 1.807) is 18.5 Å². The molecule has 1 aromatic carbocycles. The zero-order valence-corrected chi connectivity index (χ0v) is 14.3. The van der Waals surface area contributed by atoms with Crippen LogP contribution in [0.1, 0.15) is 38.1 Å². The van der Waals surface area contributed by atoms with Crippen molar-refractivity contribution in [2.75, 3.05) is 0 Å². The molecule has 1 atom stereocenters. The van der Waals surface area contributed by atoms with E-state index in [1.807, 2.05) is 44.2 Å². The van der Waals surface area contributed by atoms with Gasteiger partial charge in [0, 0.05) is 6.04 Å². The molecule has 2 aromatic rings. The molecule has 0 spiro atoms. The van der Waals surface area contributed by atoms with Crippen molar-refractivity contribution < 1.29 is 8.42 Å². The Bertz CT molecular complexity index is 736. The minimum atomic E-state index is -3.56. The number of hydrogen-bond acceptors (Lipinski definition) is 3. The molecule has 0 aliphatic heterocycles. The summed E-state index contributed by atoms with van der Waals surface area (Å²) in [7, 11) is -3.56. The van der Waals surface area contributed by atoms with Crippen molar-refractivity contribution in [3.63, 3.8) is 0 Å². The van der Waals surface area contributed by atoms with Gasteiger partial charge < -0.3 is 0 Å². The monoisotopic (exact) mass is 321 g/mol. The first kappa shape index (κ1) is 16.7. The van der Waals surface area contributed by atoms with Gasteiger partial charge in [0.2, 0.25) is 10.0 Å². The lowest BCUT2D eigenvalue weighted by Gasteiger charge is -2.13. The molecule has 120 valence electrons. The topological polar surface area (TPSA) is 64.0 Å². The van der Waals surface area contributed by atoms with Gasteiger partial charge in [0.1, 0.15) is 4.90 Å². The fourth-order valence-corrected chi connectivity index (χ4v) is 4.32. The number of aromatic nitrogens is 2. The van der Waals surface area contributed by atoms with Crippen molar-refractivity contribution in [2.24, 2.45) is 0 Å². The predicted molar refractivity (Wildman–Crippen MR) is 87.7 cm³/mol. The fraction of sp³-hybridized carbons (Fsp3) is 0.438. The van der Waals surface area contributed by atoms with E-state index >= 15 is 0 Å². The minimum Gasteiger partial charge on any atom is -0.236 e. The third kappa shape index (κ3) is 3.39. The van der Waals surface area contributed by atoms with Crippen LogP contribution < -0.4 is 4.72 Å². The number of nitrogens with one attached hydrogen (secondary N) is 1. The fourth-order valence-electron chi connectivity index (χ4n) is 2.65. The summed E-state index contributed by atoms with van der Waals surface area (Å²) in [6, 6.07) is 9.45. The van der Waals surface area contributed by atoms with Crippen molar-refractivity contribution in [1.29, 1.82) is 0 Å². The molecule has 1 aromatic heterocycles. The van der Waals surface area contributed by atoms with Gasteiger partial charge in [-0.1, -0.05) is 31.5 Å². The zero-order valence-electron chi connectivity index (χ0n) is 13.5. The van der Waals surface area contributed by atoms with E-state index in [-0.39, 0.29) is 10.9 Å². The largest absolute Gasteiger partial charge is 0.244 e. The molecule has 0 aliphatic rings. The summed E-state index contributed by atoms with van der Waals surface area (Å²) in [5.74, 6) is 0. The maximum absolute atomic E-state index is 12.6. The molecule has 6 heteroatoms. The van der Waals surface area contributed by atoms with Crippen LogP contribution in [0.25, 0.3) is 5.69 Å². The molecule has 0 bridgehead atoms. The average molecular weight is 321 g/mol. The molecule has 0 saturated carbocycles. The molecule has 0 fully saturated rings. The first-order valence-corrected chi connectivity index (χ1v) is 8.99. The molecule has 0 saturated heterocycles. The Balaban J connectivity index is 2.43. The highest BCUT2D eigenvalue weighted by Crippen LogP contribution is 2.22. The van der Waals surface area contributed by atoms with Gasteiger partial charge in [-0.2, -0.15) is 5.10 Å². The Labute approximate surface area is 132 Å². The van der Waals surface area contributed by atoms with Crippen LogP contribution in [0, 0.1) is 13.8 Å². The normalized spacial score (nSPS) is 13.3. The highest BCUT2D eigenvalue weighted by molar-refractivity contribution is 7.89. The highest BCUT2D eigenvalue weighted by atomic mass is 32.2. The number of aryl methyl sites for hydroxylation is 1. The SMILES string of the molecule is CCCC(C)NS(=O)(=O)c1c(C)nn(-c2ccccc2)c1C. The van der Waals surface area contributed by atoms with Crippen LogP contribution in [0.4, 0.5) is 0 Å². The maximum atomic E-state index is 12.6. The second kappa shape index (κ2) is 6.62.